The summed E-state index contributed by atoms with van der Waals surface area (Å²) in [6.45, 7) is 0.148. The standard InChI is InChI=1S/C16H14F3N3O3S/c1-9-13(20-5-4-14(9)25-8-16(17,18)19)7-26(24)15-21-11-3-2-10(23)6-12(11)22-15/h2-6,23H,7-8H2,1H3,(H,21,22)/t26-/m0/s1. The van der Waals surface area contributed by atoms with Crippen LogP contribution in [0.1, 0.15) is 11.3 Å². The number of H-pyrrole nitrogens is 1. The quantitative estimate of drug-likeness (QED) is 0.704. The number of hydrogen-bond donors (Lipinski definition) is 2. The number of alkyl halides is 3. The predicted octanol–water partition coefficient (Wildman–Crippen LogP) is 3.22. The summed E-state index contributed by atoms with van der Waals surface area (Å²) in [5.74, 6) is 0.0466. The summed E-state index contributed by atoms with van der Waals surface area (Å²) in [4.78, 5) is 11.1. The average molecular weight is 385 g/mol. The maximum atomic E-state index is 12.5. The number of nitrogens with one attached hydrogen (secondary N) is 1. The van der Waals surface area contributed by atoms with E-state index < -0.39 is 23.6 Å². The lowest BCUT2D eigenvalue weighted by molar-refractivity contribution is -0.153. The van der Waals surface area contributed by atoms with Crippen molar-refractivity contribution >= 4 is 21.8 Å². The summed E-state index contributed by atoms with van der Waals surface area (Å²) in [7, 11) is -1.60. The smallest absolute Gasteiger partial charge is 0.422 e. The lowest BCUT2D eigenvalue weighted by Crippen LogP contribution is -2.19. The van der Waals surface area contributed by atoms with Gasteiger partial charge in [0.25, 0.3) is 0 Å². The van der Waals surface area contributed by atoms with Gasteiger partial charge in [-0.1, -0.05) is 0 Å². The number of aromatic amines is 1. The number of aromatic nitrogens is 3. The van der Waals surface area contributed by atoms with Crippen LogP contribution in [0.15, 0.2) is 35.6 Å². The number of benzene rings is 1. The molecule has 0 saturated heterocycles. The third-order valence-corrected chi connectivity index (χ3v) is 4.74. The second kappa shape index (κ2) is 6.94. The fourth-order valence-corrected chi connectivity index (χ4v) is 3.40. The number of rotatable bonds is 5. The molecule has 0 fully saturated rings. The van der Waals surface area contributed by atoms with E-state index in [4.69, 9.17) is 4.74 Å². The molecule has 0 bridgehead atoms. The highest BCUT2D eigenvalue weighted by Gasteiger charge is 2.29. The summed E-state index contributed by atoms with van der Waals surface area (Å²) in [5, 5.41) is 9.65. The Labute approximate surface area is 148 Å². The number of nitrogens with zero attached hydrogens (tertiary/aromatic N) is 2. The van der Waals surface area contributed by atoms with E-state index >= 15 is 0 Å². The molecule has 2 heterocycles. The van der Waals surface area contributed by atoms with Crippen LogP contribution >= 0.6 is 0 Å². The van der Waals surface area contributed by atoms with Gasteiger partial charge in [-0.05, 0) is 25.1 Å². The highest BCUT2D eigenvalue weighted by molar-refractivity contribution is 7.84. The second-order valence-electron chi connectivity index (χ2n) is 5.52. The number of phenols is 1. The Morgan fingerprint density at radius 2 is 2.08 bits per heavy atom. The molecular formula is C16H14F3N3O3S. The van der Waals surface area contributed by atoms with Crippen molar-refractivity contribution in [1.29, 1.82) is 0 Å². The lowest BCUT2D eigenvalue weighted by atomic mass is 10.2. The van der Waals surface area contributed by atoms with Crippen LogP contribution in [0.25, 0.3) is 11.0 Å². The Morgan fingerprint density at radius 1 is 1.31 bits per heavy atom. The highest BCUT2D eigenvalue weighted by atomic mass is 32.2. The molecule has 2 aromatic heterocycles. The summed E-state index contributed by atoms with van der Waals surface area (Å²) < 4.78 is 54.3. The molecule has 138 valence electrons. The SMILES string of the molecule is Cc1c(OCC(F)(F)F)ccnc1C[S@](=O)c1nc2ccc(O)cc2[nH]1. The Balaban J connectivity index is 1.80. The molecule has 3 aromatic rings. The first kappa shape index (κ1) is 18.2. The molecule has 1 aromatic carbocycles. The van der Waals surface area contributed by atoms with Gasteiger partial charge in [0.1, 0.15) is 11.5 Å². The van der Waals surface area contributed by atoms with Crippen LogP contribution in [0.5, 0.6) is 11.5 Å². The number of phenolic OH excluding ortho intramolecular Hbond substituents is 1. The number of halogens is 3. The number of fused-ring (bicyclic) bond motifs is 1. The van der Waals surface area contributed by atoms with Gasteiger partial charge in [-0.2, -0.15) is 13.2 Å². The zero-order chi connectivity index (χ0) is 18.9. The number of pyridine rings is 1. The predicted molar refractivity (Wildman–Crippen MR) is 88.4 cm³/mol. The van der Waals surface area contributed by atoms with Crippen molar-refractivity contribution in [3.05, 3.63) is 41.7 Å². The van der Waals surface area contributed by atoms with Crippen LogP contribution in [-0.4, -0.2) is 37.1 Å². The summed E-state index contributed by atoms with van der Waals surface area (Å²) in [5.41, 5.74) is 1.81. The molecule has 10 heteroatoms. The van der Waals surface area contributed by atoms with Crippen molar-refractivity contribution in [3.8, 4) is 11.5 Å². The largest absolute Gasteiger partial charge is 0.508 e. The molecule has 3 rings (SSSR count). The molecule has 0 aliphatic carbocycles. The minimum absolute atomic E-state index is 0.0406. The molecule has 1 atom stereocenters. The molecule has 0 aliphatic rings. The van der Waals surface area contributed by atoms with Gasteiger partial charge in [-0.3, -0.25) is 9.19 Å². The van der Waals surface area contributed by atoms with Gasteiger partial charge in [0.15, 0.2) is 11.8 Å². The number of ether oxygens (including phenoxy) is 1. The zero-order valence-corrected chi connectivity index (χ0v) is 14.3. The molecular weight excluding hydrogens is 371 g/mol. The maximum absolute atomic E-state index is 12.5. The summed E-state index contributed by atoms with van der Waals surface area (Å²) in [6, 6.07) is 5.83. The summed E-state index contributed by atoms with van der Waals surface area (Å²) >= 11 is 0. The minimum Gasteiger partial charge on any atom is -0.508 e. The van der Waals surface area contributed by atoms with Crippen LogP contribution in [0, 0.1) is 6.92 Å². The van der Waals surface area contributed by atoms with E-state index in [1.165, 1.54) is 24.4 Å². The third kappa shape index (κ3) is 4.13. The number of imidazole rings is 1. The monoisotopic (exact) mass is 385 g/mol. The first-order valence-electron chi connectivity index (χ1n) is 7.44. The van der Waals surface area contributed by atoms with E-state index in [-0.39, 0.29) is 22.4 Å². The molecule has 0 unspecified atom stereocenters. The van der Waals surface area contributed by atoms with E-state index in [0.717, 1.165) is 0 Å². The normalized spacial score (nSPS) is 13.1. The first-order chi connectivity index (χ1) is 12.2. The molecule has 0 spiro atoms. The summed E-state index contributed by atoms with van der Waals surface area (Å²) in [6.07, 6.45) is -3.14. The van der Waals surface area contributed by atoms with Crippen molar-refractivity contribution in [2.45, 2.75) is 24.0 Å². The van der Waals surface area contributed by atoms with Crippen molar-refractivity contribution in [2.75, 3.05) is 6.61 Å². The van der Waals surface area contributed by atoms with E-state index in [1.807, 2.05) is 0 Å². The fourth-order valence-electron chi connectivity index (χ4n) is 2.30. The van der Waals surface area contributed by atoms with Crippen LogP contribution in [-0.2, 0) is 16.6 Å². The van der Waals surface area contributed by atoms with Crippen LogP contribution in [0.3, 0.4) is 0 Å². The Kier molecular flexibility index (Phi) is 4.86. The van der Waals surface area contributed by atoms with Crippen molar-refractivity contribution in [3.63, 3.8) is 0 Å². The van der Waals surface area contributed by atoms with E-state index in [2.05, 4.69) is 15.0 Å². The van der Waals surface area contributed by atoms with Crippen LogP contribution in [0.2, 0.25) is 0 Å². The Hall–Kier alpha value is -2.62. The molecule has 26 heavy (non-hydrogen) atoms. The molecule has 0 radical (unpaired) electrons. The van der Waals surface area contributed by atoms with E-state index in [9.17, 15) is 22.5 Å². The van der Waals surface area contributed by atoms with Crippen molar-refractivity contribution < 1.29 is 27.2 Å². The molecule has 0 amide bonds. The molecule has 0 saturated carbocycles. The number of hydrogen-bond acceptors (Lipinski definition) is 5. The zero-order valence-electron chi connectivity index (χ0n) is 13.5. The van der Waals surface area contributed by atoms with Crippen LogP contribution < -0.4 is 4.74 Å². The van der Waals surface area contributed by atoms with Gasteiger partial charge in [0.05, 0.1) is 33.3 Å². The van der Waals surface area contributed by atoms with Gasteiger partial charge in [0, 0.05) is 17.8 Å². The Bertz CT molecular complexity index is 972. The second-order valence-corrected chi connectivity index (χ2v) is 6.88. The third-order valence-electron chi connectivity index (χ3n) is 3.58. The van der Waals surface area contributed by atoms with Gasteiger partial charge in [-0.15, -0.1) is 0 Å². The van der Waals surface area contributed by atoms with Gasteiger partial charge in [-0.25, -0.2) is 4.98 Å². The topological polar surface area (TPSA) is 88.1 Å². The minimum atomic E-state index is -4.45. The lowest BCUT2D eigenvalue weighted by Gasteiger charge is -2.13. The van der Waals surface area contributed by atoms with E-state index in [1.54, 1.807) is 13.0 Å². The number of aromatic hydroxyl groups is 1. The first-order valence-corrected chi connectivity index (χ1v) is 8.76. The molecule has 0 aliphatic heterocycles. The fraction of sp³-hybridized carbons (Fsp3) is 0.250. The van der Waals surface area contributed by atoms with Gasteiger partial charge >= 0.3 is 6.18 Å². The van der Waals surface area contributed by atoms with E-state index in [0.29, 0.717) is 22.3 Å². The maximum Gasteiger partial charge on any atom is 0.422 e. The van der Waals surface area contributed by atoms with Gasteiger partial charge in [0.2, 0.25) is 0 Å². The highest BCUT2D eigenvalue weighted by Crippen LogP contribution is 2.25. The van der Waals surface area contributed by atoms with Crippen LogP contribution in [0.4, 0.5) is 13.2 Å². The van der Waals surface area contributed by atoms with Crippen molar-refractivity contribution in [1.82, 2.24) is 15.0 Å². The van der Waals surface area contributed by atoms with Gasteiger partial charge < -0.3 is 14.8 Å². The Morgan fingerprint density at radius 3 is 2.81 bits per heavy atom. The molecule has 6 nitrogen and oxygen atoms in total. The molecule has 2 N–H and O–H groups in total. The van der Waals surface area contributed by atoms with Crippen molar-refractivity contribution in [2.24, 2.45) is 0 Å². The average Bonchev–Trinajstić information content (AvgIpc) is 2.98.